The van der Waals surface area contributed by atoms with Crippen LogP contribution in [0.2, 0.25) is 0 Å². The van der Waals surface area contributed by atoms with Gasteiger partial charge in [0.1, 0.15) is 18.1 Å². The van der Waals surface area contributed by atoms with Crippen molar-refractivity contribution >= 4 is 11.9 Å². The van der Waals surface area contributed by atoms with Crippen molar-refractivity contribution in [3.8, 4) is 11.5 Å². The maximum absolute atomic E-state index is 11.9. The van der Waals surface area contributed by atoms with Gasteiger partial charge in [-0.3, -0.25) is 9.59 Å². The van der Waals surface area contributed by atoms with E-state index >= 15 is 0 Å². The van der Waals surface area contributed by atoms with Crippen LogP contribution in [0.1, 0.15) is 22.5 Å². The molecule has 0 saturated carbocycles. The van der Waals surface area contributed by atoms with Gasteiger partial charge in [0.05, 0.1) is 12.7 Å². The number of para-hydroxylation sites is 2. The van der Waals surface area contributed by atoms with Crippen molar-refractivity contribution < 1.29 is 23.5 Å². The van der Waals surface area contributed by atoms with Crippen molar-refractivity contribution in [3.05, 3.63) is 84.3 Å². The highest BCUT2D eigenvalue weighted by Gasteiger charge is 2.11. The Hall–Kier alpha value is -3.54. The number of hydrogen-bond donors (Lipinski definition) is 1. The highest BCUT2D eigenvalue weighted by Crippen LogP contribution is 2.25. The van der Waals surface area contributed by atoms with Gasteiger partial charge in [0.15, 0.2) is 5.76 Å². The summed E-state index contributed by atoms with van der Waals surface area (Å²) < 4.78 is 16.1. The Labute approximate surface area is 156 Å². The Bertz CT molecular complexity index is 875. The van der Waals surface area contributed by atoms with Crippen LogP contribution in [0.15, 0.2) is 77.4 Å². The molecule has 1 N–H and O–H groups in total. The lowest BCUT2D eigenvalue weighted by Crippen LogP contribution is -2.26. The van der Waals surface area contributed by atoms with Gasteiger partial charge in [-0.2, -0.15) is 0 Å². The lowest BCUT2D eigenvalue weighted by Gasteiger charge is -2.11. The Balaban J connectivity index is 1.47. The van der Waals surface area contributed by atoms with Crippen LogP contribution in [0, 0.1) is 0 Å². The first-order valence-corrected chi connectivity index (χ1v) is 8.50. The molecule has 3 rings (SSSR count). The summed E-state index contributed by atoms with van der Waals surface area (Å²) in [7, 11) is 0. The van der Waals surface area contributed by atoms with E-state index in [1.807, 2.05) is 54.6 Å². The van der Waals surface area contributed by atoms with Gasteiger partial charge in [-0.05, 0) is 30.3 Å². The van der Waals surface area contributed by atoms with Gasteiger partial charge >= 0.3 is 5.97 Å². The monoisotopic (exact) mass is 365 g/mol. The molecule has 0 radical (unpaired) electrons. The van der Waals surface area contributed by atoms with Crippen LogP contribution in [0.25, 0.3) is 0 Å². The van der Waals surface area contributed by atoms with Crippen molar-refractivity contribution in [2.24, 2.45) is 0 Å². The van der Waals surface area contributed by atoms with E-state index in [9.17, 15) is 9.59 Å². The van der Waals surface area contributed by atoms with Crippen molar-refractivity contribution in [2.45, 2.75) is 13.0 Å². The third-order valence-corrected chi connectivity index (χ3v) is 3.69. The first-order valence-electron chi connectivity index (χ1n) is 8.50. The molecule has 27 heavy (non-hydrogen) atoms. The smallest absolute Gasteiger partial charge is 0.307 e. The van der Waals surface area contributed by atoms with Crippen LogP contribution < -0.4 is 10.1 Å². The zero-order valence-corrected chi connectivity index (χ0v) is 14.6. The van der Waals surface area contributed by atoms with E-state index in [1.165, 1.54) is 6.26 Å². The lowest BCUT2D eigenvalue weighted by molar-refractivity contribution is -0.144. The molecule has 6 heteroatoms. The van der Waals surface area contributed by atoms with E-state index in [1.54, 1.807) is 12.1 Å². The van der Waals surface area contributed by atoms with E-state index in [4.69, 9.17) is 13.9 Å². The quantitative estimate of drug-likeness (QED) is 0.612. The van der Waals surface area contributed by atoms with Crippen LogP contribution >= 0.6 is 0 Å². The van der Waals surface area contributed by atoms with Crippen LogP contribution in [0.3, 0.4) is 0 Å². The van der Waals surface area contributed by atoms with Gasteiger partial charge in [0.2, 0.25) is 0 Å². The second kappa shape index (κ2) is 9.24. The van der Waals surface area contributed by atoms with E-state index in [0.717, 1.165) is 5.56 Å². The molecule has 1 aromatic heterocycles. The Morgan fingerprint density at radius 2 is 1.70 bits per heavy atom. The number of carbonyl (C=O) groups excluding carboxylic acids is 2. The van der Waals surface area contributed by atoms with E-state index in [2.05, 4.69) is 5.32 Å². The van der Waals surface area contributed by atoms with Crippen molar-refractivity contribution in [3.63, 3.8) is 0 Å². The Morgan fingerprint density at radius 1 is 0.926 bits per heavy atom. The molecule has 0 spiro atoms. The summed E-state index contributed by atoms with van der Waals surface area (Å²) in [5, 5.41) is 2.60. The second-order valence-corrected chi connectivity index (χ2v) is 5.67. The molecule has 3 aromatic rings. The zero-order valence-electron chi connectivity index (χ0n) is 14.6. The van der Waals surface area contributed by atoms with Gasteiger partial charge in [-0.25, -0.2) is 0 Å². The summed E-state index contributed by atoms with van der Waals surface area (Å²) in [6.45, 7) is 0.258. The molecule has 0 aliphatic heterocycles. The van der Waals surface area contributed by atoms with Gasteiger partial charge < -0.3 is 19.2 Å². The van der Waals surface area contributed by atoms with Gasteiger partial charge in [-0.15, -0.1) is 0 Å². The average Bonchev–Trinajstić information content (AvgIpc) is 3.23. The fourth-order valence-corrected chi connectivity index (χ4v) is 2.34. The van der Waals surface area contributed by atoms with Crippen LogP contribution in [-0.2, 0) is 16.1 Å². The maximum atomic E-state index is 11.9. The molecule has 0 fully saturated rings. The molecule has 2 aromatic carbocycles. The SMILES string of the molecule is O=C(CCNC(=O)c1ccco1)OCc1ccccc1Oc1ccccc1. The molecule has 0 saturated heterocycles. The number of nitrogens with one attached hydrogen (secondary N) is 1. The maximum Gasteiger partial charge on any atom is 0.307 e. The normalized spacial score (nSPS) is 10.2. The first-order chi connectivity index (χ1) is 13.2. The number of ether oxygens (including phenoxy) is 2. The summed E-state index contributed by atoms with van der Waals surface area (Å²) in [5.74, 6) is 0.758. The van der Waals surface area contributed by atoms with Crippen LogP contribution in [-0.4, -0.2) is 18.4 Å². The van der Waals surface area contributed by atoms with Crippen molar-refractivity contribution in [1.82, 2.24) is 5.32 Å². The van der Waals surface area contributed by atoms with Gasteiger partial charge in [0, 0.05) is 12.1 Å². The highest BCUT2D eigenvalue weighted by atomic mass is 16.5. The number of carbonyl (C=O) groups is 2. The summed E-state index contributed by atoms with van der Waals surface area (Å²) in [6.07, 6.45) is 1.48. The van der Waals surface area contributed by atoms with Gasteiger partial charge in [-0.1, -0.05) is 36.4 Å². The van der Waals surface area contributed by atoms with Crippen LogP contribution in [0.5, 0.6) is 11.5 Å². The largest absolute Gasteiger partial charge is 0.461 e. The number of benzene rings is 2. The predicted octanol–water partition coefficient (Wildman–Crippen LogP) is 3.94. The topological polar surface area (TPSA) is 77.8 Å². The number of esters is 1. The molecule has 138 valence electrons. The number of amides is 1. The molecule has 1 heterocycles. The summed E-state index contributed by atoms with van der Waals surface area (Å²) in [4.78, 5) is 23.6. The fraction of sp³-hybridized carbons (Fsp3) is 0.143. The highest BCUT2D eigenvalue weighted by molar-refractivity contribution is 5.91. The minimum atomic E-state index is -0.413. The Morgan fingerprint density at radius 3 is 2.48 bits per heavy atom. The van der Waals surface area contributed by atoms with Crippen LogP contribution in [0.4, 0.5) is 0 Å². The molecule has 1 amide bonds. The predicted molar refractivity (Wildman–Crippen MR) is 98.4 cm³/mol. The fourth-order valence-electron chi connectivity index (χ4n) is 2.34. The standard InChI is InChI=1S/C21H19NO5/c23-20(12-13-22-21(24)19-11-6-14-25-19)26-15-16-7-4-5-10-18(16)27-17-8-2-1-3-9-17/h1-11,14H,12-13,15H2,(H,22,24). The number of furan rings is 1. The average molecular weight is 365 g/mol. The minimum Gasteiger partial charge on any atom is -0.461 e. The Kier molecular flexibility index (Phi) is 6.25. The number of hydrogen-bond acceptors (Lipinski definition) is 5. The van der Waals surface area contributed by atoms with E-state index in [0.29, 0.717) is 11.5 Å². The van der Waals surface area contributed by atoms with Gasteiger partial charge in [0.25, 0.3) is 5.91 Å². The third-order valence-electron chi connectivity index (χ3n) is 3.69. The summed E-state index contributed by atoms with van der Waals surface area (Å²) >= 11 is 0. The zero-order chi connectivity index (χ0) is 18.9. The molecule has 6 nitrogen and oxygen atoms in total. The molecule has 0 aliphatic carbocycles. The third kappa shape index (κ3) is 5.47. The molecule has 0 atom stereocenters. The molecule has 0 bridgehead atoms. The molecule has 0 unspecified atom stereocenters. The second-order valence-electron chi connectivity index (χ2n) is 5.67. The summed E-state index contributed by atoms with van der Waals surface area (Å²) in [5.41, 5.74) is 0.759. The molecular formula is C21H19NO5. The lowest BCUT2D eigenvalue weighted by atomic mass is 10.2. The van der Waals surface area contributed by atoms with Crippen molar-refractivity contribution in [2.75, 3.05) is 6.54 Å². The first kappa shape index (κ1) is 18.3. The summed E-state index contributed by atoms with van der Waals surface area (Å²) in [6, 6.07) is 19.9. The van der Waals surface area contributed by atoms with Crippen molar-refractivity contribution in [1.29, 1.82) is 0 Å². The van der Waals surface area contributed by atoms with E-state index in [-0.39, 0.29) is 31.2 Å². The molecular weight excluding hydrogens is 346 g/mol. The minimum absolute atomic E-state index is 0.0636. The number of rotatable bonds is 8. The van der Waals surface area contributed by atoms with E-state index < -0.39 is 5.97 Å². The molecule has 0 aliphatic rings.